The molecule has 16 heavy (non-hydrogen) atoms. The molecular formula is C12H17NO3. The highest BCUT2D eigenvalue weighted by atomic mass is 16.5. The summed E-state index contributed by atoms with van der Waals surface area (Å²) >= 11 is 0. The Morgan fingerprint density at radius 1 is 1.44 bits per heavy atom. The van der Waals surface area contributed by atoms with E-state index in [2.05, 4.69) is 4.74 Å². The van der Waals surface area contributed by atoms with Gasteiger partial charge in [0.15, 0.2) is 0 Å². The van der Waals surface area contributed by atoms with E-state index in [1.165, 1.54) is 7.11 Å². The van der Waals surface area contributed by atoms with Gasteiger partial charge >= 0.3 is 5.97 Å². The Bertz CT molecular complexity index is 352. The number of rotatable bonds is 5. The largest absolute Gasteiger partial charge is 0.494 e. The van der Waals surface area contributed by atoms with E-state index < -0.39 is 12.0 Å². The van der Waals surface area contributed by atoms with Gasteiger partial charge in [0.25, 0.3) is 0 Å². The summed E-state index contributed by atoms with van der Waals surface area (Å²) in [6, 6.07) is 6.89. The molecule has 1 atom stereocenters. The highest BCUT2D eigenvalue weighted by Crippen LogP contribution is 2.19. The molecule has 1 unspecified atom stereocenters. The lowest BCUT2D eigenvalue weighted by molar-refractivity contribution is -0.142. The summed E-state index contributed by atoms with van der Waals surface area (Å²) in [5.41, 5.74) is 6.61. The second-order valence-electron chi connectivity index (χ2n) is 3.37. The number of nitrogens with two attached hydrogens (primary N) is 1. The molecule has 1 rings (SSSR count). The molecule has 0 aliphatic heterocycles. The third-order valence-electron chi connectivity index (χ3n) is 2.22. The van der Waals surface area contributed by atoms with Crippen molar-refractivity contribution in [3.8, 4) is 5.75 Å². The van der Waals surface area contributed by atoms with Gasteiger partial charge in [0.2, 0.25) is 0 Å². The minimum Gasteiger partial charge on any atom is -0.494 e. The molecule has 2 N–H and O–H groups in total. The first-order valence-electron chi connectivity index (χ1n) is 5.23. The van der Waals surface area contributed by atoms with Crippen molar-refractivity contribution in [3.63, 3.8) is 0 Å². The predicted molar refractivity (Wildman–Crippen MR) is 61.3 cm³/mol. The molecule has 0 aromatic heterocycles. The second kappa shape index (κ2) is 6.12. The number of carbonyl (C=O) groups excluding carboxylic acids is 1. The number of methoxy groups -OCH3 is 1. The first-order valence-corrected chi connectivity index (χ1v) is 5.23. The Kier molecular flexibility index (Phi) is 4.79. The molecule has 0 aliphatic carbocycles. The maximum atomic E-state index is 11.2. The van der Waals surface area contributed by atoms with Crippen LogP contribution in [0.5, 0.6) is 5.75 Å². The molecule has 0 aliphatic rings. The molecule has 4 heteroatoms. The van der Waals surface area contributed by atoms with Gasteiger partial charge in [0.1, 0.15) is 11.8 Å². The van der Waals surface area contributed by atoms with Crippen LogP contribution < -0.4 is 10.5 Å². The van der Waals surface area contributed by atoms with Crippen molar-refractivity contribution in [2.24, 2.45) is 5.73 Å². The predicted octanol–water partition coefficient (Wildman–Crippen LogP) is 1.13. The molecule has 0 saturated heterocycles. The lowest BCUT2D eigenvalue weighted by Gasteiger charge is -2.13. The van der Waals surface area contributed by atoms with Crippen LogP contribution in [0.1, 0.15) is 12.5 Å². The van der Waals surface area contributed by atoms with Crippen LogP contribution in [-0.2, 0) is 16.0 Å². The molecule has 0 heterocycles. The first-order chi connectivity index (χ1) is 7.69. The summed E-state index contributed by atoms with van der Waals surface area (Å²) in [5.74, 6) is 0.357. The molecule has 1 aromatic rings. The van der Waals surface area contributed by atoms with Crippen LogP contribution in [0.25, 0.3) is 0 Å². The van der Waals surface area contributed by atoms with E-state index in [1.807, 2.05) is 31.2 Å². The van der Waals surface area contributed by atoms with Crippen LogP contribution in [0.4, 0.5) is 0 Å². The second-order valence-corrected chi connectivity index (χ2v) is 3.37. The van der Waals surface area contributed by atoms with Crippen molar-refractivity contribution in [2.75, 3.05) is 13.7 Å². The monoisotopic (exact) mass is 223 g/mol. The summed E-state index contributed by atoms with van der Waals surface area (Å²) in [6.07, 6.45) is 0.419. The molecule has 4 nitrogen and oxygen atoms in total. The SMILES string of the molecule is CCOc1ccccc1CC(N)C(=O)OC. The Morgan fingerprint density at radius 2 is 2.12 bits per heavy atom. The topological polar surface area (TPSA) is 61.5 Å². The maximum absolute atomic E-state index is 11.2. The Morgan fingerprint density at radius 3 is 2.75 bits per heavy atom. The van der Waals surface area contributed by atoms with E-state index in [9.17, 15) is 4.79 Å². The Labute approximate surface area is 95.3 Å². The van der Waals surface area contributed by atoms with Crippen molar-refractivity contribution in [2.45, 2.75) is 19.4 Å². The van der Waals surface area contributed by atoms with E-state index in [0.29, 0.717) is 13.0 Å². The molecule has 0 bridgehead atoms. The first kappa shape index (κ1) is 12.5. The zero-order valence-corrected chi connectivity index (χ0v) is 9.60. The number of ether oxygens (including phenoxy) is 2. The van der Waals surface area contributed by atoms with Crippen LogP contribution in [0, 0.1) is 0 Å². The van der Waals surface area contributed by atoms with Crippen molar-refractivity contribution < 1.29 is 14.3 Å². The number of esters is 1. The molecule has 0 saturated carbocycles. The molecule has 0 fully saturated rings. The van der Waals surface area contributed by atoms with Crippen LogP contribution in [0.15, 0.2) is 24.3 Å². The van der Waals surface area contributed by atoms with Gasteiger partial charge in [0, 0.05) is 6.42 Å². The minimum absolute atomic E-state index is 0.411. The van der Waals surface area contributed by atoms with Crippen LogP contribution in [-0.4, -0.2) is 25.7 Å². The smallest absolute Gasteiger partial charge is 0.322 e. The van der Waals surface area contributed by atoms with Gasteiger partial charge in [0.05, 0.1) is 13.7 Å². The average Bonchev–Trinajstić information content (AvgIpc) is 2.31. The third kappa shape index (κ3) is 3.24. The number of carbonyl (C=O) groups is 1. The van der Waals surface area contributed by atoms with Gasteiger partial charge in [-0.2, -0.15) is 0 Å². The summed E-state index contributed by atoms with van der Waals surface area (Å²) < 4.78 is 10.0. The molecule has 0 spiro atoms. The molecule has 0 radical (unpaired) electrons. The average molecular weight is 223 g/mol. The number of para-hydroxylation sites is 1. The summed E-state index contributed by atoms with van der Waals surface area (Å²) in [6.45, 7) is 2.50. The van der Waals surface area contributed by atoms with Gasteiger partial charge in [-0.15, -0.1) is 0 Å². The number of benzene rings is 1. The van der Waals surface area contributed by atoms with Crippen LogP contribution >= 0.6 is 0 Å². The van der Waals surface area contributed by atoms with Gasteiger partial charge in [-0.3, -0.25) is 4.79 Å². The normalized spacial score (nSPS) is 11.9. The maximum Gasteiger partial charge on any atom is 0.322 e. The third-order valence-corrected chi connectivity index (χ3v) is 2.22. The lowest BCUT2D eigenvalue weighted by atomic mass is 10.1. The summed E-state index contributed by atoms with van der Waals surface area (Å²) in [4.78, 5) is 11.2. The van der Waals surface area contributed by atoms with Gasteiger partial charge in [-0.25, -0.2) is 0 Å². The Balaban J connectivity index is 2.75. The summed E-state index contributed by atoms with van der Waals surface area (Å²) in [5, 5.41) is 0. The van der Waals surface area contributed by atoms with E-state index in [4.69, 9.17) is 10.5 Å². The van der Waals surface area contributed by atoms with Crippen molar-refractivity contribution >= 4 is 5.97 Å². The van der Waals surface area contributed by atoms with Crippen LogP contribution in [0.3, 0.4) is 0 Å². The number of hydrogen-bond donors (Lipinski definition) is 1. The Hall–Kier alpha value is -1.55. The van der Waals surface area contributed by atoms with Crippen LogP contribution in [0.2, 0.25) is 0 Å². The zero-order valence-electron chi connectivity index (χ0n) is 9.60. The van der Waals surface area contributed by atoms with Crippen molar-refractivity contribution in [1.82, 2.24) is 0 Å². The quantitative estimate of drug-likeness (QED) is 0.760. The lowest BCUT2D eigenvalue weighted by Crippen LogP contribution is -2.33. The van der Waals surface area contributed by atoms with Gasteiger partial charge in [-0.1, -0.05) is 18.2 Å². The van der Waals surface area contributed by atoms with Crippen molar-refractivity contribution in [1.29, 1.82) is 0 Å². The molecule has 1 aromatic carbocycles. The fraction of sp³-hybridized carbons (Fsp3) is 0.417. The highest BCUT2D eigenvalue weighted by molar-refractivity contribution is 5.75. The molecule has 88 valence electrons. The zero-order chi connectivity index (χ0) is 12.0. The van der Waals surface area contributed by atoms with E-state index in [0.717, 1.165) is 11.3 Å². The van der Waals surface area contributed by atoms with E-state index >= 15 is 0 Å². The van der Waals surface area contributed by atoms with Gasteiger partial charge in [-0.05, 0) is 18.6 Å². The van der Waals surface area contributed by atoms with Gasteiger partial charge < -0.3 is 15.2 Å². The fourth-order valence-corrected chi connectivity index (χ4v) is 1.44. The highest BCUT2D eigenvalue weighted by Gasteiger charge is 2.16. The van der Waals surface area contributed by atoms with E-state index in [1.54, 1.807) is 0 Å². The fourth-order valence-electron chi connectivity index (χ4n) is 1.44. The summed E-state index contributed by atoms with van der Waals surface area (Å²) in [7, 11) is 1.33. The number of hydrogen-bond acceptors (Lipinski definition) is 4. The standard InChI is InChI=1S/C12H17NO3/c1-3-16-11-7-5-4-6-9(11)8-10(13)12(14)15-2/h4-7,10H,3,8,13H2,1-2H3. The minimum atomic E-state index is -0.647. The molecular weight excluding hydrogens is 206 g/mol. The van der Waals surface area contributed by atoms with E-state index in [-0.39, 0.29) is 0 Å². The molecule has 0 amide bonds. The van der Waals surface area contributed by atoms with Crippen molar-refractivity contribution in [3.05, 3.63) is 29.8 Å².